The maximum atomic E-state index is 13.5. The Morgan fingerprint density at radius 2 is 1.75 bits per heavy atom. The minimum Gasteiger partial charge on any atom is -0.333 e. The van der Waals surface area contributed by atoms with E-state index in [1.54, 1.807) is 33.3 Å². The largest absolute Gasteiger partial charge is 0.333 e. The Balaban J connectivity index is 1.77. The van der Waals surface area contributed by atoms with Crippen LogP contribution in [0.3, 0.4) is 0 Å². The fourth-order valence-electron chi connectivity index (χ4n) is 4.23. The highest BCUT2D eigenvalue weighted by Gasteiger charge is 2.30. The molecular formula is C26H35FN2O2S. The molecule has 2 amide bonds. The summed E-state index contributed by atoms with van der Waals surface area (Å²) in [7, 11) is 0. The van der Waals surface area contributed by atoms with Gasteiger partial charge < -0.3 is 9.80 Å². The van der Waals surface area contributed by atoms with Crippen LogP contribution in [-0.4, -0.2) is 34.7 Å². The SMILES string of the molecule is CCC(C)CN(CC(=O)N(Cc1ccc(F)cc1)Cc1ccc(C)s1)C(=O)C1CCCC1. The van der Waals surface area contributed by atoms with Crippen LogP contribution in [0.15, 0.2) is 36.4 Å². The average molecular weight is 459 g/mol. The summed E-state index contributed by atoms with van der Waals surface area (Å²) in [6.45, 7) is 7.89. The van der Waals surface area contributed by atoms with E-state index in [9.17, 15) is 14.0 Å². The standard InChI is InChI=1S/C26H35FN2O2S/c1-4-19(2)15-29(26(31)22-7-5-6-8-22)18-25(30)28(17-24-14-9-20(3)32-24)16-21-10-12-23(27)13-11-21/h9-14,19,22H,4-8,15-18H2,1-3H3. The third-order valence-electron chi connectivity index (χ3n) is 6.35. The van der Waals surface area contributed by atoms with Gasteiger partial charge in [-0.25, -0.2) is 4.39 Å². The molecule has 0 saturated heterocycles. The van der Waals surface area contributed by atoms with Crippen molar-refractivity contribution in [2.75, 3.05) is 13.1 Å². The van der Waals surface area contributed by atoms with Gasteiger partial charge in [0.1, 0.15) is 5.82 Å². The molecule has 1 atom stereocenters. The maximum absolute atomic E-state index is 13.5. The van der Waals surface area contributed by atoms with E-state index in [4.69, 9.17) is 0 Å². The van der Waals surface area contributed by atoms with Gasteiger partial charge in [-0.1, -0.05) is 45.2 Å². The first-order chi connectivity index (χ1) is 15.4. The van der Waals surface area contributed by atoms with Crippen molar-refractivity contribution < 1.29 is 14.0 Å². The number of hydrogen-bond donors (Lipinski definition) is 0. The average Bonchev–Trinajstić information content (AvgIpc) is 3.45. The molecule has 2 aromatic rings. The van der Waals surface area contributed by atoms with Crippen LogP contribution in [0.25, 0.3) is 0 Å². The number of benzene rings is 1. The molecule has 174 valence electrons. The van der Waals surface area contributed by atoms with Gasteiger partial charge in [0.2, 0.25) is 11.8 Å². The Bertz CT molecular complexity index is 889. The lowest BCUT2D eigenvalue weighted by molar-refractivity contribution is -0.144. The Morgan fingerprint density at radius 1 is 1.06 bits per heavy atom. The molecule has 6 heteroatoms. The Labute approximate surface area is 195 Å². The minimum atomic E-state index is -0.289. The molecule has 1 aromatic carbocycles. The number of nitrogens with zero attached hydrogens (tertiary/aromatic N) is 2. The molecule has 1 aromatic heterocycles. The first-order valence-corrected chi connectivity index (χ1v) is 12.5. The third-order valence-corrected chi connectivity index (χ3v) is 7.34. The first kappa shape index (κ1) is 24.4. The summed E-state index contributed by atoms with van der Waals surface area (Å²) in [5.41, 5.74) is 0.878. The molecule has 1 aliphatic carbocycles. The second-order valence-electron chi connectivity index (χ2n) is 9.10. The highest BCUT2D eigenvalue weighted by atomic mass is 32.1. The Morgan fingerprint density at radius 3 is 2.34 bits per heavy atom. The zero-order valence-electron chi connectivity index (χ0n) is 19.5. The van der Waals surface area contributed by atoms with E-state index in [1.807, 2.05) is 6.07 Å². The Hall–Kier alpha value is -2.21. The van der Waals surface area contributed by atoms with Gasteiger partial charge in [-0.15, -0.1) is 11.3 Å². The van der Waals surface area contributed by atoms with Crippen molar-refractivity contribution in [3.05, 3.63) is 57.5 Å². The van der Waals surface area contributed by atoms with Crippen molar-refractivity contribution in [1.82, 2.24) is 9.80 Å². The second-order valence-corrected chi connectivity index (χ2v) is 10.5. The van der Waals surface area contributed by atoms with Crippen molar-refractivity contribution >= 4 is 23.2 Å². The fraction of sp³-hybridized carbons (Fsp3) is 0.538. The van der Waals surface area contributed by atoms with Gasteiger partial charge in [-0.2, -0.15) is 0 Å². The lowest BCUT2D eigenvalue weighted by Crippen LogP contribution is -2.45. The number of carbonyl (C=O) groups is 2. The lowest BCUT2D eigenvalue weighted by atomic mass is 10.0. The molecule has 32 heavy (non-hydrogen) atoms. The van der Waals surface area contributed by atoms with Crippen molar-refractivity contribution in [2.24, 2.45) is 11.8 Å². The van der Waals surface area contributed by atoms with Crippen LogP contribution in [0.1, 0.15) is 61.3 Å². The van der Waals surface area contributed by atoms with E-state index in [1.165, 1.54) is 17.0 Å². The van der Waals surface area contributed by atoms with Crippen molar-refractivity contribution in [1.29, 1.82) is 0 Å². The number of rotatable bonds is 10. The summed E-state index contributed by atoms with van der Waals surface area (Å²) in [5, 5.41) is 0. The smallest absolute Gasteiger partial charge is 0.242 e. The van der Waals surface area contributed by atoms with Crippen molar-refractivity contribution in [3.63, 3.8) is 0 Å². The Kier molecular flexibility index (Phi) is 8.85. The van der Waals surface area contributed by atoms with Crippen LogP contribution < -0.4 is 0 Å². The second kappa shape index (κ2) is 11.6. The van der Waals surface area contributed by atoms with Gasteiger partial charge in [0, 0.05) is 28.8 Å². The van der Waals surface area contributed by atoms with E-state index in [0.29, 0.717) is 25.6 Å². The summed E-state index contributed by atoms with van der Waals surface area (Å²) in [6, 6.07) is 10.4. The number of carbonyl (C=O) groups excluding carboxylic acids is 2. The van der Waals surface area contributed by atoms with E-state index < -0.39 is 0 Å². The quantitative estimate of drug-likeness (QED) is 0.452. The lowest BCUT2D eigenvalue weighted by Gasteiger charge is -2.31. The molecule has 1 fully saturated rings. The van der Waals surface area contributed by atoms with Gasteiger partial charge in [-0.05, 0) is 55.5 Å². The minimum absolute atomic E-state index is 0.0531. The van der Waals surface area contributed by atoms with Crippen LogP contribution in [0.4, 0.5) is 4.39 Å². The summed E-state index contributed by atoms with van der Waals surface area (Å²) >= 11 is 1.67. The van der Waals surface area contributed by atoms with Gasteiger partial charge in [0.15, 0.2) is 0 Å². The van der Waals surface area contributed by atoms with Gasteiger partial charge in [-0.3, -0.25) is 9.59 Å². The zero-order chi connectivity index (χ0) is 23.1. The topological polar surface area (TPSA) is 40.6 Å². The van der Waals surface area contributed by atoms with Crippen molar-refractivity contribution in [3.8, 4) is 0 Å². The molecule has 0 radical (unpaired) electrons. The number of halogens is 1. The molecule has 1 aliphatic rings. The monoisotopic (exact) mass is 458 g/mol. The van der Waals surface area contributed by atoms with Gasteiger partial charge >= 0.3 is 0 Å². The van der Waals surface area contributed by atoms with E-state index >= 15 is 0 Å². The predicted octanol–water partition coefficient (Wildman–Crippen LogP) is 5.79. The summed E-state index contributed by atoms with van der Waals surface area (Å²) in [5.74, 6) is 0.179. The van der Waals surface area contributed by atoms with Crippen molar-refractivity contribution in [2.45, 2.75) is 66.0 Å². The fourth-order valence-corrected chi connectivity index (χ4v) is 5.14. The van der Waals surface area contributed by atoms with Gasteiger partial charge in [0.25, 0.3) is 0 Å². The molecule has 0 bridgehead atoms. The van der Waals surface area contributed by atoms with Crippen LogP contribution in [-0.2, 0) is 22.7 Å². The summed E-state index contributed by atoms with van der Waals surface area (Å²) in [6.07, 6.45) is 5.01. The van der Waals surface area contributed by atoms with Gasteiger partial charge in [0.05, 0.1) is 13.1 Å². The van der Waals surface area contributed by atoms with E-state index in [-0.39, 0.29) is 30.1 Å². The molecule has 1 saturated carbocycles. The molecule has 0 spiro atoms. The third kappa shape index (κ3) is 6.89. The number of aryl methyl sites for hydroxylation is 1. The van der Waals surface area contributed by atoms with Crippen LogP contribution >= 0.6 is 11.3 Å². The highest BCUT2D eigenvalue weighted by Crippen LogP contribution is 2.27. The van der Waals surface area contributed by atoms with Crippen LogP contribution in [0.5, 0.6) is 0 Å². The molecule has 0 N–H and O–H groups in total. The zero-order valence-corrected chi connectivity index (χ0v) is 20.3. The highest BCUT2D eigenvalue weighted by molar-refractivity contribution is 7.11. The summed E-state index contributed by atoms with van der Waals surface area (Å²) < 4.78 is 13.4. The molecule has 3 rings (SSSR count). The van der Waals surface area contributed by atoms with E-state index in [2.05, 4.69) is 26.8 Å². The molecular weight excluding hydrogens is 423 g/mol. The number of thiophene rings is 1. The van der Waals surface area contributed by atoms with E-state index in [0.717, 1.165) is 42.5 Å². The molecule has 0 aliphatic heterocycles. The predicted molar refractivity (Wildman–Crippen MR) is 128 cm³/mol. The molecule has 1 heterocycles. The molecule has 1 unspecified atom stereocenters. The number of hydrogen-bond acceptors (Lipinski definition) is 3. The van der Waals surface area contributed by atoms with Crippen LogP contribution in [0.2, 0.25) is 0 Å². The number of amides is 2. The van der Waals surface area contributed by atoms with Crippen LogP contribution in [0, 0.1) is 24.6 Å². The first-order valence-electron chi connectivity index (χ1n) is 11.7. The molecule has 4 nitrogen and oxygen atoms in total. The maximum Gasteiger partial charge on any atom is 0.242 e. The normalized spacial score (nSPS) is 15.0. The summed E-state index contributed by atoms with van der Waals surface area (Å²) in [4.78, 5) is 32.6.